The summed E-state index contributed by atoms with van der Waals surface area (Å²) in [7, 11) is 1.17. The smallest absolute Gasteiger partial charge is 0.416 e. The number of esters is 1. The average molecular weight is 282 g/mol. The molecule has 1 aromatic rings. The SMILES string of the molecule is COC(=O)CCc1ccc(C(F)(F)F)c(C(F)F)c1. The minimum absolute atomic E-state index is 0.0462. The van der Waals surface area contributed by atoms with Crippen molar-refractivity contribution >= 4 is 5.97 Å². The zero-order valence-electron chi connectivity index (χ0n) is 9.93. The highest BCUT2D eigenvalue weighted by atomic mass is 19.4. The molecule has 0 N–H and O–H groups in total. The first kappa shape index (κ1) is 15.4. The largest absolute Gasteiger partial charge is 0.469 e. The van der Waals surface area contributed by atoms with Gasteiger partial charge in [-0.15, -0.1) is 0 Å². The van der Waals surface area contributed by atoms with Crippen LogP contribution < -0.4 is 0 Å². The van der Waals surface area contributed by atoms with E-state index in [1.165, 1.54) is 7.11 Å². The average Bonchev–Trinajstić information content (AvgIpc) is 2.34. The summed E-state index contributed by atoms with van der Waals surface area (Å²) in [4.78, 5) is 10.9. The summed E-state index contributed by atoms with van der Waals surface area (Å²) >= 11 is 0. The van der Waals surface area contributed by atoms with Crippen molar-refractivity contribution in [3.8, 4) is 0 Å². The number of carbonyl (C=O) groups is 1. The zero-order chi connectivity index (χ0) is 14.6. The Morgan fingerprint density at radius 3 is 2.42 bits per heavy atom. The number of benzene rings is 1. The second kappa shape index (κ2) is 5.99. The third-order valence-electron chi connectivity index (χ3n) is 2.50. The molecule has 0 aliphatic carbocycles. The number of halogens is 5. The van der Waals surface area contributed by atoms with E-state index >= 15 is 0 Å². The van der Waals surface area contributed by atoms with Crippen LogP contribution >= 0.6 is 0 Å². The highest BCUT2D eigenvalue weighted by Crippen LogP contribution is 2.36. The van der Waals surface area contributed by atoms with Gasteiger partial charge in [0, 0.05) is 12.0 Å². The normalized spacial score (nSPS) is 11.7. The fourth-order valence-electron chi connectivity index (χ4n) is 1.55. The topological polar surface area (TPSA) is 26.3 Å². The van der Waals surface area contributed by atoms with Gasteiger partial charge in [-0.3, -0.25) is 4.79 Å². The summed E-state index contributed by atoms with van der Waals surface area (Å²) in [6.45, 7) is 0. The minimum Gasteiger partial charge on any atom is -0.469 e. The number of hydrogen-bond donors (Lipinski definition) is 0. The van der Waals surface area contributed by atoms with Gasteiger partial charge in [-0.1, -0.05) is 6.07 Å². The fraction of sp³-hybridized carbons (Fsp3) is 0.417. The summed E-state index contributed by atoms with van der Waals surface area (Å²) in [6, 6.07) is 2.46. The lowest BCUT2D eigenvalue weighted by molar-refractivity contribution is -0.141. The van der Waals surface area contributed by atoms with E-state index < -0.39 is 29.7 Å². The quantitative estimate of drug-likeness (QED) is 0.621. The van der Waals surface area contributed by atoms with Crippen LogP contribution in [0.15, 0.2) is 18.2 Å². The third kappa shape index (κ3) is 4.18. The minimum atomic E-state index is -4.83. The molecule has 0 saturated heterocycles. The van der Waals surface area contributed by atoms with Crippen LogP contribution in [0.5, 0.6) is 0 Å². The summed E-state index contributed by atoms with van der Waals surface area (Å²) in [5.41, 5.74) is -2.20. The number of rotatable bonds is 4. The molecular formula is C12H11F5O2. The Labute approximate surface area is 106 Å². The molecule has 0 atom stereocenters. The standard InChI is InChI=1S/C12H11F5O2/c1-19-10(18)5-3-7-2-4-9(12(15,16)17)8(6-7)11(13)14/h2,4,6,11H,3,5H2,1H3. The van der Waals surface area contributed by atoms with E-state index in [1.807, 2.05) is 0 Å². The van der Waals surface area contributed by atoms with E-state index in [2.05, 4.69) is 4.74 Å². The van der Waals surface area contributed by atoms with Crippen LogP contribution in [0.3, 0.4) is 0 Å². The molecular weight excluding hydrogens is 271 g/mol. The Bertz CT molecular complexity index is 454. The van der Waals surface area contributed by atoms with Gasteiger partial charge in [-0.25, -0.2) is 8.78 Å². The van der Waals surface area contributed by atoms with Crippen LogP contribution in [-0.2, 0) is 22.1 Å². The van der Waals surface area contributed by atoms with Crippen molar-refractivity contribution in [1.82, 2.24) is 0 Å². The summed E-state index contributed by atoms with van der Waals surface area (Å²) in [5, 5.41) is 0. The van der Waals surface area contributed by atoms with Crippen molar-refractivity contribution in [2.75, 3.05) is 7.11 Å². The Morgan fingerprint density at radius 2 is 1.95 bits per heavy atom. The van der Waals surface area contributed by atoms with E-state index in [-0.39, 0.29) is 18.4 Å². The molecule has 0 unspecified atom stereocenters. The van der Waals surface area contributed by atoms with Gasteiger partial charge in [0.05, 0.1) is 12.7 Å². The molecule has 0 heterocycles. The van der Waals surface area contributed by atoms with Crippen molar-refractivity contribution in [3.63, 3.8) is 0 Å². The highest BCUT2D eigenvalue weighted by molar-refractivity contribution is 5.69. The van der Waals surface area contributed by atoms with Gasteiger partial charge in [-0.05, 0) is 24.1 Å². The second-order valence-electron chi connectivity index (χ2n) is 3.80. The summed E-state index contributed by atoms with van der Waals surface area (Å²) in [5.74, 6) is -0.557. The zero-order valence-corrected chi connectivity index (χ0v) is 9.93. The van der Waals surface area contributed by atoms with Crippen molar-refractivity contribution in [2.24, 2.45) is 0 Å². The molecule has 1 rings (SSSR count). The molecule has 0 bridgehead atoms. The maximum Gasteiger partial charge on any atom is 0.416 e. The van der Waals surface area contributed by atoms with Gasteiger partial charge in [-0.2, -0.15) is 13.2 Å². The molecule has 1 aromatic carbocycles. The predicted octanol–water partition coefficient (Wildman–Crippen LogP) is 3.75. The lowest BCUT2D eigenvalue weighted by atomic mass is 10.0. The van der Waals surface area contributed by atoms with Crippen molar-refractivity contribution < 1.29 is 31.5 Å². The first-order valence-electron chi connectivity index (χ1n) is 5.30. The van der Waals surface area contributed by atoms with E-state index in [0.29, 0.717) is 6.07 Å². The number of ether oxygens (including phenoxy) is 1. The molecule has 0 saturated carbocycles. The van der Waals surface area contributed by atoms with Crippen molar-refractivity contribution in [2.45, 2.75) is 25.4 Å². The molecule has 0 aliphatic heterocycles. The maximum atomic E-state index is 12.6. The number of carbonyl (C=O) groups excluding carboxylic acids is 1. The number of hydrogen-bond acceptors (Lipinski definition) is 2. The first-order valence-corrected chi connectivity index (χ1v) is 5.30. The molecule has 0 aromatic heterocycles. The van der Waals surface area contributed by atoms with Crippen LogP contribution in [0.1, 0.15) is 29.5 Å². The molecule has 19 heavy (non-hydrogen) atoms. The molecule has 0 fully saturated rings. The van der Waals surface area contributed by atoms with E-state index in [0.717, 1.165) is 12.1 Å². The second-order valence-corrected chi connectivity index (χ2v) is 3.80. The van der Waals surface area contributed by atoms with Gasteiger partial charge in [0.1, 0.15) is 0 Å². The van der Waals surface area contributed by atoms with Crippen molar-refractivity contribution in [1.29, 1.82) is 0 Å². The lowest BCUT2D eigenvalue weighted by Crippen LogP contribution is -2.10. The molecule has 0 spiro atoms. The molecule has 2 nitrogen and oxygen atoms in total. The molecule has 106 valence electrons. The van der Waals surface area contributed by atoms with Gasteiger partial charge >= 0.3 is 12.1 Å². The molecule has 7 heteroatoms. The van der Waals surface area contributed by atoms with Gasteiger partial charge in [0.2, 0.25) is 0 Å². The Balaban J connectivity index is 3.00. The predicted molar refractivity (Wildman–Crippen MR) is 56.7 cm³/mol. The fourth-order valence-corrected chi connectivity index (χ4v) is 1.55. The Kier molecular flexibility index (Phi) is 4.85. The maximum absolute atomic E-state index is 12.6. The van der Waals surface area contributed by atoms with E-state index in [9.17, 15) is 26.7 Å². The lowest BCUT2D eigenvalue weighted by Gasteiger charge is -2.13. The first-order chi connectivity index (χ1) is 8.75. The number of methoxy groups -OCH3 is 1. The van der Waals surface area contributed by atoms with Crippen LogP contribution in [0, 0.1) is 0 Å². The monoisotopic (exact) mass is 282 g/mol. The number of aryl methyl sites for hydroxylation is 1. The van der Waals surface area contributed by atoms with Crippen molar-refractivity contribution in [3.05, 3.63) is 34.9 Å². The summed E-state index contributed by atoms with van der Waals surface area (Å²) < 4.78 is 67.1. The third-order valence-corrected chi connectivity index (χ3v) is 2.50. The molecule has 0 aliphatic rings. The van der Waals surface area contributed by atoms with Crippen LogP contribution in [0.4, 0.5) is 22.0 Å². The Morgan fingerprint density at radius 1 is 1.32 bits per heavy atom. The number of alkyl halides is 5. The van der Waals surface area contributed by atoms with Gasteiger partial charge in [0.15, 0.2) is 0 Å². The van der Waals surface area contributed by atoms with Crippen LogP contribution in [0.25, 0.3) is 0 Å². The van der Waals surface area contributed by atoms with E-state index in [4.69, 9.17) is 0 Å². The summed E-state index contributed by atoms with van der Waals surface area (Å²) in [6.07, 6.45) is -8.09. The molecule has 0 amide bonds. The van der Waals surface area contributed by atoms with Gasteiger partial charge in [0.25, 0.3) is 6.43 Å². The molecule has 0 radical (unpaired) electrons. The van der Waals surface area contributed by atoms with Crippen LogP contribution in [-0.4, -0.2) is 13.1 Å². The van der Waals surface area contributed by atoms with Gasteiger partial charge < -0.3 is 4.74 Å². The highest BCUT2D eigenvalue weighted by Gasteiger charge is 2.35. The van der Waals surface area contributed by atoms with E-state index in [1.54, 1.807) is 0 Å². The Hall–Kier alpha value is -1.66. The van der Waals surface area contributed by atoms with Crippen LogP contribution in [0.2, 0.25) is 0 Å².